The Morgan fingerprint density at radius 1 is 0.733 bits per heavy atom. The third kappa shape index (κ3) is 0.873. The summed E-state index contributed by atoms with van der Waals surface area (Å²) >= 11 is 0. The first-order valence-corrected chi connectivity index (χ1v) is 5.06. The summed E-state index contributed by atoms with van der Waals surface area (Å²) in [5.41, 5.74) is 0. The molecule has 0 N–H and O–H groups in total. The van der Waals surface area contributed by atoms with Crippen molar-refractivity contribution in [2.24, 2.45) is 0 Å². The second-order valence-electron chi connectivity index (χ2n) is 3.88. The van der Waals surface area contributed by atoms with Crippen LogP contribution in [0, 0.1) is 0 Å². The quantitative estimate of drug-likeness (QED) is 0.302. The number of fused-ring (bicyclic) bond motifs is 5. The standard InChI is InChI=1S/C14H8O/c1-2-4-11-9(3-1)5-6-10-7-8-12-14(15-12)13(10)11/h1-8H. The van der Waals surface area contributed by atoms with Crippen molar-refractivity contribution in [1.29, 1.82) is 0 Å². The molecular formula is C14H8O. The van der Waals surface area contributed by atoms with Crippen molar-refractivity contribution < 1.29 is 4.74 Å². The maximum absolute atomic E-state index is 5.46. The number of hydrogen-bond acceptors (Lipinski definition) is 1. The number of ether oxygens (including phenoxy) is 1. The smallest absolute Gasteiger partial charge is 0.178 e. The van der Waals surface area contributed by atoms with E-state index in [0.717, 1.165) is 11.5 Å². The Kier molecular flexibility index (Phi) is 1.13. The van der Waals surface area contributed by atoms with E-state index in [9.17, 15) is 0 Å². The summed E-state index contributed by atoms with van der Waals surface area (Å²) in [6, 6.07) is 16.9. The lowest BCUT2D eigenvalue weighted by atomic mass is 10.0. The Labute approximate surface area is 86.9 Å². The highest BCUT2D eigenvalue weighted by molar-refractivity contribution is 6.13. The van der Waals surface area contributed by atoms with E-state index < -0.39 is 0 Å². The van der Waals surface area contributed by atoms with Gasteiger partial charge >= 0.3 is 0 Å². The van der Waals surface area contributed by atoms with Gasteiger partial charge < -0.3 is 4.74 Å². The largest absolute Gasteiger partial charge is 0.449 e. The number of rotatable bonds is 0. The predicted octanol–water partition coefficient (Wildman–Crippen LogP) is 4.10. The minimum Gasteiger partial charge on any atom is -0.449 e. The van der Waals surface area contributed by atoms with Crippen LogP contribution in [0.4, 0.5) is 0 Å². The molecule has 0 aliphatic carbocycles. The fraction of sp³-hybridized carbons (Fsp3) is 0. The molecule has 1 aliphatic heterocycles. The van der Waals surface area contributed by atoms with Gasteiger partial charge in [-0.2, -0.15) is 0 Å². The fourth-order valence-electron chi connectivity index (χ4n) is 2.21. The lowest BCUT2D eigenvalue weighted by Crippen LogP contribution is -1.73. The highest BCUT2D eigenvalue weighted by Gasteiger charge is 2.23. The fourth-order valence-corrected chi connectivity index (χ4v) is 2.21. The van der Waals surface area contributed by atoms with Crippen molar-refractivity contribution in [2.45, 2.75) is 0 Å². The summed E-state index contributed by atoms with van der Waals surface area (Å²) in [5, 5.41) is 5.06. The van der Waals surface area contributed by atoms with Crippen LogP contribution < -0.4 is 4.74 Å². The van der Waals surface area contributed by atoms with Gasteiger partial charge in [0, 0.05) is 5.39 Å². The van der Waals surface area contributed by atoms with E-state index in [2.05, 4.69) is 42.5 Å². The zero-order valence-electron chi connectivity index (χ0n) is 8.03. The summed E-state index contributed by atoms with van der Waals surface area (Å²) < 4.78 is 5.46. The predicted molar refractivity (Wildman–Crippen MR) is 61.5 cm³/mol. The summed E-state index contributed by atoms with van der Waals surface area (Å²) in [4.78, 5) is 0. The highest BCUT2D eigenvalue weighted by atomic mass is 16.6. The van der Waals surface area contributed by atoms with Crippen molar-refractivity contribution in [2.75, 3.05) is 0 Å². The van der Waals surface area contributed by atoms with Gasteiger partial charge in [-0.25, -0.2) is 0 Å². The first kappa shape index (κ1) is 7.30. The van der Waals surface area contributed by atoms with Crippen molar-refractivity contribution in [3.63, 3.8) is 0 Å². The molecule has 3 aromatic carbocycles. The van der Waals surface area contributed by atoms with E-state index >= 15 is 0 Å². The van der Waals surface area contributed by atoms with E-state index in [1.165, 1.54) is 21.5 Å². The maximum Gasteiger partial charge on any atom is 0.178 e. The molecule has 0 spiro atoms. The highest BCUT2D eigenvalue weighted by Crippen LogP contribution is 2.52. The maximum atomic E-state index is 5.46. The van der Waals surface area contributed by atoms with Gasteiger partial charge in [0.25, 0.3) is 0 Å². The summed E-state index contributed by atoms with van der Waals surface area (Å²) in [7, 11) is 0. The molecule has 0 saturated heterocycles. The van der Waals surface area contributed by atoms with Crippen LogP contribution >= 0.6 is 0 Å². The normalized spacial score (nSPS) is 12.5. The Hall–Kier alpha value is -2.02. The average molecular weight is 192 g/mol. The van der Waals surface area contributed by atoms with E-state index in [1.807, 2.05) is 6.07 Å². The zero-order valence-corrected chi connectivity index (χ0v) is 8.03. The van der Waals surface area contributed by atoms with Gasteiger partial charge in [-0.15, -0.1) is 0 Å². The molecule has 1 heterocycles. The first-order chi connectivity index (χ1) is 7.43. The van der Waals surface area contributed by atoms with E-state index in [4.69, 9.17) is 4.74 Å². The topological polar surface area (TPSA) is 12.5 Å². The van der Waals surface area contributed by atoms with Crippen LogP contribution in [0.15, 0.2) is 48.5 Å². The molecule has 0 saturated carbocycles. The molecule has 0 fully saturated rings. The first-order valence-electron chi connectivity index (χ1n) is 5.06. The second kappa shape index (κ2) is 2.31. The third-order valence-corrected chi connectivity index (χ3v) is 3.00. The van der Waals surface area contributed by atoms with Gasteiger partial charge in [-0.3, -0.25) is 0 Å². The molecule has 0 radical (unpaired) electrons. The van der Waals surface area contributed by atoms with Crippen molar-refractivity contribution in [1.82, 2.24) is 0 Å². The monoisotopic (exact) mass is 192 g/mol. The minimum atomic E-state index is 1.03. The van der Waals surface area contributed by atoms with Crippen LogP contribution in [0.2, 0.25) is 0 Å². The molecule has 1 heteroatoms. The molecule has 0 atom stereocenters. The lowest BCUT2D eigenvalue weighted by Gasteiger charge is -2.00. The molecule has 15 heavy (non-hydrogen) atoms. The second-order valence-corrected chi connectivity index (χ2v) is 3.88. The van der Waals surface area contributed by atoms with Gasteiger partial charge in [0.2, 0.25) is 0 Å². The molecule has 0 unspecified atom stereocenters. The Bertz CT molecular complexity index is 698. The number of hydrogen-bond donors (Lipinski definition) is 0. The molecule has 1 aliphatic rings. The third-order valence-electron chi connectivity index (χ3n) is 3.00. The average Bonchev–Trinajstić information content (AvgIpc) is 3.07. The Morgan fingerprint density at radius 3 is 2.53 bits per heavy atom. The van der Waals surface area contributed by atoms with Crippen LogP contribution in [-0.4, -0.2) is 0 Å². The van der Waals surface area contributed by atoms with Crippen LogP contribution in [-0.2, 0) is 0 Å². The molecule has 4 rings (SSSR count). The van der Waals surface area contributed by atoms with Gasteiger partial charge in [-0.05, 0) is 22.2 Å². The molecule has 0 amide bonds. The SMILES string of the molecule is c1ccc2c(c1)ccc1ccc3c(c12)O3. The molecular weight excluding hydrogens is 184 g/mol. The minimum absolute atomic E-state index is 1.03. The molecule has 70 valence electrons. The van der Waals surface area contributed by atoms with Crippen LogP contribution in [0.3, 0.4) is 0 Å². The van der Waals surface area contributed by atoms with Crippen molar-refractivity contribution >= 4 is 21.5 Å². The summed E-state index contributed by atoms with van der Waals surface area (Å²) in [6.45, 7) is 0. The molecule has 0 aromatic heterocycles. The van der Waals surface area contributed by atoms with Gasteiger partial charge in [0.05, 0.1) is 0 Å². The van der Waals surface area contributed by atoms with Crippen LogP contribution in [0.25, 0.3) is 21.5 Å². The van der Waals surface area contributed by atoms with Crippen LogP contribution in [0.1, 0.15) is 0 Å². The zero-order chi connectivity index (χ0) is 9.83. The molecule has 3 aromatic rings. The van der Waals surface area contributed by atoms with E-state index in [0.29, 0.717) is 0 Å². The summed E-state index contributed by atoms with van der Waals surface area (Å²) in [5.74, 6) is 2.09. The van der Waals surface area contributed by atoms with Gasteiger partial charge in [-0.1, -0.05) is 42.5 Å². The Morgan fingerprint density at radius 2 is 1.53 bits per heavy atom. The Balaban J connectivity index is 2.35. The van der Waals surface area contributed by atoms with Crippen LogP contribution in [0.5, 0.6) is 11.5 Å². The lowest BCUT2D eigenvalue weighted by molar-refractivity contribution is 0.653. The summed E-state index contributed by atoms with van der Waals surface area (Å²) in [6.07, 6.45) is 0. The van der Waals surface area contributed by atoms with Gasteiger partial charge in [0.15, 0.2) is 11.5 Å². The van der Waals surface area contributed by atoms with Crippen molar-refractivity contribution in [3.8, 4) is 11.5 Å². The number of benzene rings is 3. The van der Waals surface area contributed by atoms with E-state index in [-0.39, 0.29) is 0 Å². The molecule has 0 bridgehead atoms. The van der Waals surface area contributed by atoms with Gasteiger partial charge in [0.1, 0.15) is 0 Å². The van der Waals surface area contributed by atoms with Crippen molar-refractivity contribution in [3.05, 3.63) is 48.5 Å². The van der Waals surface area contributed by atoms with E-state index in [1.54, 1.807) is 0 Å². The molecule has 1 nitrogen and oxygen atoms in total.